The predicted molar refractivity (Wildman–Crippen MR) is 72.0 cm³/mol. The number of aromatic nitrogens is 1. The van der Waals surface area contributed by atoms with Crippen molar-refractivity contribution < 1.29 is 25.5 Å². The van der Waals surface area contributed by atoms with E-state index in [1.165, 1.54) is 24.3 Å². The summed E-state index contributed by atoms with van der Waals surface area (Å²) in [4.78, 5) is 14.5. The zero-order chi connectivity index (χ0) is 16.3. The second-order valence-corrected chi connectivity index (χ2v) is 4.12. The highest BCUT2D eigenvalue weighted by Gasteiger charge is 2.12. The van der Waals surface area contributed by atoms with Crippen molar-refractivity contribution in [3.8, 4) is 0 Å². The molecule has 0 radical (unpaired) electrons. The quantitative estimate of drug-likeness (QED) is 0.572. The van der Waals surface area contributed by atoms with Crippen LogP contribution in [-0.2, 0) is 0 Å². The molecule has 0 fully saturated rings. The van der Waals surface area contributed by atoms with Gasteiger partial charge >= 0.3 is 0 Å². The van der Waals surface area contributed by atoms with Crippen LogP contribution >= 0.6 is 0 Å². The molecule has 1 aromatic heterocycles. The van der Waals surface area contributed by atoms with E-state index in [0.717, 1.165) is 12.3 Å². The fourth-order valence-electron chi connectivity index (χ4n) is 1.66. The molecule has 10 nitrogen and oxygen atoms in total. The van der Waals surface area contributed by atoms with E-state index in [0.29, 0.717) is 0 Å². The Morgan fingerprint density at radius 1 is 1.23 bits per heavy atom. The summed E-state index contributed by atoms with van der Waals surface area (Å²) in [6, 6.07) is 6.48. The van der Waals surface area contributed by atoms with Crippen molar-refractivity contribution in [3.05, 3.63) is 47.3 Å². The topological polar surface area (TPSA) is 155 Å². The molecular formula is C12H10N4O6-2. The molecular weight excluding hydrogens is 296 g/mol. The number of rotatable bonds is 5. The fraction of sp³-hybridized carbons (Fsp3) is 0. The van der Waals surface area contributed by atoms with Crippen molar-refractivity contribution in [1.29, 1.82) is 0 Å². The predicted octanol–water partition coefficient (Wildman–Crippen LogP) is 0.467. The zero-order valence-electron chi connectivity index (χ0n) is 10.9. The average molecular weight is 306 g/mol. The van der Waals surface area contributed by atoms with E-state index in [2.05, 4.69) is 10.3 Å². The summed E-state index contributed by atoms with van der Waals surface area (Å²) < 4.78 is 0. The van der Waals surface area contributed by atoms with Crippen LogP contribution in [0.1, 0.15) is 10.4 Å². The third-order valence-corrected chi connectivity index (χ3v) is 2.65. The Labute approximate surface area is 123 Å². The minimum Gasteiger partial charge on any atom is -0.733 e. The highest BCUT2D eigenvalue weighted by atomic mass is 16.8. The minimum atomic E-state index is -1.37. The van der Waals surface area contributed by atoms with Gasteiger partial charge in [0.25, 0.3) is 0 Å². The van der Waals surface area contributed by atoms with E-state index < -0.39 is 11.2 Å². The number of anilines is 4. The Morgan fingerprint density at radius 3 is 2.55 bits per heavy atom. The molecule has 10 heteroatoms. The normalized spacial score (nSPS) is 10.2. The second kappa shape index (κ2) is 6.24. The van der Waals surface area contributed by atoms with Crippen molar-refractivity contribution in [3.63, 3.8) is 0 Å². The summed E-state index contributed by atoms with van der Waals surface area (Å²) in [5, 5.41) is 50.4. The summed E-state index contributed by atoms with van der Waals surface area (Å²) in [6.45, 7) is 0. The molecule has 0 atom stereocenters. The van der Waals surface area contributed by atoms with Gasteiger partial charge in [-0.15, -0.1) is 5.23 Å². The number of nitrogens with one attached hydrogen (secondary N) is 1. The standard InChI is InChI=1S/C12H11N4O6/c17-12(18)7-2-1-3-8(4-7)14-11-10(16(21)22)5-9(6-13-11)15(19)20/h1-6,19,21-22H,(H,13,14)(H,17,18)/q-1/p-1. The highest BCUT2D eigenvalue weighted by Crippen LogP contribution is 2.29. The minimum absolute atomic E-state index is 0.0888. The van der Waals surface area contributed by atoms with Gasteiger partial charge in [-0.25, -0.2) is 4.98 Å². The maximum absolute atomic E-state index is 10.8. The maximum Gasteiger partial charge on any atom is 0.159 e. The van der Waals surface area contributed by atoms with Crippen molar-refractivity contribution in [2.45, 2.75) is 0 Å². The summed E-state index contributed by atoms with van der Waals surface area (Å²) in [7, 11) is 0. The van der Waals surface area contributed by atoms with E-state index in [1.807, 2.05) is 0 Å². The van der Waals surface area contributed by atoms with E-state index in [-0.39, 0.29) is 33.7 Å². The van der Waals surface area contributed by atoms with Gasteiger partial charge in [0, 0.05) is 5.69 Å². The van der Waals surface area contributed by atoms with Gasteiger partial charge in [-0.1, -0.05) is 12.1 Å². The number of aromatic carboxylic acids is 1. The van der Waals surface area contributed by atoms with Crippen LogP contribution in [-0.4, -0.2) is 26.6 Å². The number of benzene rings is 1. The SMILES string of the molecule is O=C([O-])c1cccc(Nc2ncc(N([O-])O)cc2N(O)O)c1. The Morgan fingerprint density at radius 2 is 1.95 bits per heavy atom. The van der Waals surface area contributed by atoms with Gasteiger partial charge in [0.2, 0.25) is 0 Å². The Bertz CT molecular complexity index is 691. The van der Waals surface area contributed by atoms with Crippen LogP contribution in [0.2, 0.25) is 0 Å². The average Bonchev–Trinajstić information content (AvgIpc) is 2.47. The van der Waals surface area contributed by atoms with Crippen LogP contribution in [0.3, 0.4) is 0 Å². The lowest BCUT2D eigenvalue weighted by Gasteiger charge is -2.23. The van der Waals surface area contributed by atoms with E-state index in [4.69, 9.17) is 15.6 Å². The zero-order valence-corrected chi connectivity index (χ0v) is 10.9. The monoisotopic (exact) mass is 306 g/mol. The molecule has 0 amide bonds. The lowest BCUT2D eigenvalue weighted by molar-refractivity contribution is -0.255. The molecule has 0 spiro atoms. The first kappa shape index (κ1) is 15.5. The van der Waals surface area contributed by atoms with Crippen LogP contribution in [0.25, 0.3) is 0 Å². The first-order valence-corrected chi connectivity index (χ1v) is 5.81. The first-order valence-electron chi connectivity index (χ1n) is 5.81. The van der Waals surface area contributed by atoms with Crippen molar-refractivity contribution in [2.75, 3.05) is 15.8 Å². The van der Waals surface area contributed by atoms with Crippen LogP contribution in [0.4, 0.5) is 22.9 Å². The lowest BCUT2D eigenvalue weighted by Crippen LogP contribution is -2.22. The molecule has 22 heavy (non-hydrogen) atoms. The van der Waals surface area contributed by atoms with Crippen LogP contribution < -0.4 is 20.9 Å². The van der Waals surface area contributed by atoms with Crippen LogP contribution in [0.15, 0.2) is 36.5 Å². The molecule has 2 aromatic rings. The molecule has 0 aliphatic rings. The molecule has 0 saturated heterocycles. The Balaban J connectivity index is 2.36. The number of carbonyl (C=O) groups excluding carboxylic acids is 1. The van der Waals surface area contributed by atoms with Gasteiger partial charge in [-0.2, -0.15) is 0 Å². The largest absolute Gasteiger partial charge is 0.733 e. The van der Waals surface area contributed by atoms with Crippen molar-refractivity contribution in [1.82, 2.24) is 4.98 Å². The third-order valence-electron chi connectivity index (χ3n) is 2.65. The number of carboxylic acids is 1. The van der Waals surface area contributed by atoms with Crippen LogP contribution in [0, 0.1) is 5.21 Å². The maximum atomic E-state index is 10.8. The summed E-state index contributed by atoms with van der Waals surface area (Å²) >= 11 is 0. The molecule has 0 bridgehead atoms. The molecule has 1 heterocycles. The smallest absolute Gasteiger partial charge is 0.159 e. The lowest BCUT2D eigenvalue weighted by atomic mass is 10.2. The third kappa shape index (κ3) is 3.39. The molecule has 4 N–H and O–H groups in total. The second-order valence-electron chi connectivity index (χ2n) is 4.12. The van der Waals surface area contributed by atoms with E-state index >= 15 is 0 Å². The van der Waals surface area contributed by atoms with Gasteiger partial charge in [0.15, 0.2) is 5.82 Å². The summed E-state index contributed by atoms with van der Waals surface area (Å²) in [6.07, 6.45) is 0.977. The van der Waals surface area contributed by atoms with Gasteiger partial charge in [0.1, 0.15) is 5.69 Å². The number of hydrogen-bond donors (Lipinski definition) is 4. The molecule has 1 aromatic carbocycles. The Hall–Kier alpha value is -2.92. The van der Waals surface area contributed by atoms with Gasteiger partial charge in [0.05, 0.1) is 17.9 Å². The first-order chi connectivity index (χ1) is 10.4. The number of nitrogens with zero attached hydrogens (tertiary/aromatic N) is 3. The van der Waals surface area contributed by atoms with E-state index in [1.54, 1.807) is 0 Å². The van der Waals surface area contributed by atoms with Crippen molar-refractivity contribution in [2.24, 2.45) is 0 Å². The highest BCUT2D eigenvalue weighted by molar-refractivity contribution is 5.87. The van der Waals surface area contributed by atoms with Gasteiger partial charge < -0.3 is 25.7 Å². The number of hydrogen-bond acceptors (Lipinski definition) is 10. The van der Waals surface area contributed by atoms with E-state index in [9.17, 15) is 15.1 Å². The molecule has 0 aliphatic heterocycles. The number of pyridine rings is 1. The summed E-state index contributed by atoms with van der Waals surface area (Å²) in [5.74, 6) is -1.47. The molecule has 0 unspecified atom stereocenters. The Kier molecular flexibility index (Phi) is 4.39. The molecule has 0 saturated carbocycles. The number of carboxylic acid groups (broad SMARTS) is 1. The van der Waals surface area contributed by atoms with Crippen LogP contribution in [0.5, 0.6) is 0 Å². The van der Waals surface area contributed by atoms with Gasteiger partial charge in [-0.3, -0.25) is 15.6 Å². The molecule has 2 rings (SSSR count). The summed E-state index contributed by atoms with van der Waals surface area (Å²) in [5.41, 5.74) is -0.481. The molecule has 0 aliphatic carbocycles. The molecule has 116 valence electrons. The fourth-order valence-corrected chi connectivity index (χ4v) is 1.66. The number of carbonyl (C=O) groups is 1. The van der Waals surface area contributed by atoms with Crippen molar-refractivity contribution >= 4 is 28.8 Å². The van der Waals surface area contributed by atoms with Gasteiger partial charge in [-0.05, 0) is 23.8 Å².